The number of hydrogen-bond donors (Lipinski definition) is 3. The quantitative estimate of drug-likeness (QED) is 0.203. The Hall–Kier alpha value is -1.47. The maximum Gasteiger partial charge on any atom is 0.305 e. The molecule has 0 aromatic heterocycles. The number of ether oxygens (including phenoxy) is 2. The summed E-state index contributed by atoms with van der Waals surface area (Å²) in [7, 11) is 0. The van der Waals surface area contributed by atoms with Crippen molar-refractivity contribution in [3.63, 3.8) is 0 Å². The zero-order chi connectivity index (χ0) is 22.9. The Morgan fingerprint density at radius 1 is 0.839 bits per heavy atom. The molecule has 1 heterocycles. The molecule has 6 heteroatoms. The summed E-state index contributed by atoms with van der Waals surface area (Å²) in [6, 6.07) is 0. The summed E-state index contributed by atoms with van der Waals surface area (Å²) < 4.78 is 10.6. The molecule has 5 atom stereocenters. The fourth-order valence-electron chi connectivity index (χ4n) is 3.41. The predicted octanol–water partition coefficient (Wildman–Crippen LogP) is 3.99. The highest BCUT2D eigenvalue weighted by molar-refractivity contribution is 5.69. The molecule has 1 fully saturated rings. The molecule has 0 aromatic rings. The molecular formula is C25H42O6. The molecule has 1 unspecified atom stereocenters. The normalized spacial score (nSPS) is 26.9. The molecule has 1 rings (SSSR count). The molecule has 31 heavy (non-hydrogen) atoms. The van der Waals surface area contributed by atoms with Crippen LogP contribution in [0.3, 0.4) is 0 Å². The Bertz CT molecular complexity index is 556. The van der Waals surface area contributed by atoms with Crippen molar-refractivity contribution >= 4 is 5.97 Å². The summed E-state index contributed by atoms with van der Waals surface area (Å²) in [5.74, 6) is -0.328. The smallest absolute Gasteiger partial charge is 0.305 e. The average Bonchev–Trinajstić information content (AvgIpc) is 2.76. The van der Waals surface area contributed by atoms with Crippen molar-refractivity contribution in [2.24, 2.45) is 0 Å². The molecule has 0 bridgehead atoms. The highest BCUT2D eigenvalue weighted by atomic mass is 16.6. The van der Waals surface area contributed by atoms with E-state index in [-0.39, 0.29) is 12.6 Å². The van der Waals surface area contributed by atoms with E-state index < -0.39 is 30.5 Å². The number of unbranched alkanes of at least 4 members (excludes halogenated alkanes) is 5. The van der Waals surface area contributed by atoms with Gasteiger partial charge >= 0.3 is 5.97 Å². The standard InChI is InChI=1S/C25H42O6/c1-3-4-5-6-7-8-9-10-11-12-13-14-15-16-17-18-22(26)30-19-21-24(28)25(29)23(27)20(2)31-21/h4-5,7-8,10-11,20-21,23-25,27-29H,3,6,9,12-19H2,1-2H3/b5-4-,8-7-,11-10-/t20?,21-,23+,24+,25-/m1/s1. The van der Waals surface area contributed by atoms with Gasteiger partial charge < -0.3 is 24.8 Å². The first-order valence-electron chi connectivity index (χ1n) is 11.8. The second kappa shape index (κ2) is 17.1. The second-order valence-corrected chi connectivity index (χ2v) is 8.13. The van der Waals surface area contributed by atoms with Crippen LogP contribution in [0.1, 0.15) is 78.1 Å². The maximum absolute atomic E-state index is 11.9. The number of aliphatic hydroxyl groups excluding tert-OH is 3. The van der Waals surface area contributed by atoms with Crippen LogP contribution < -0.4 is 0 Å². The van der Waals surface area contributed by atoms with Gasteiger partial charge in [0.25, 0.3) is 0 Å². The third-order valence-electron chi connectivity index (χ3n) is 5.39. The molecule has 0 aromatic carbocycles. The fraction of sp³-hybridized carbons (Fsp3) is 0.720. The van der Waals surface area contributed by atoms with E-state index >= 15 is 0 Å². The summed E-state index contributed by atoms with van der Waals surface area (Å²) in [5, 5.41) is 29.4. The van der Waals surface area contributed by atoms with Gasteiger partial charge in [-0.1, -0.05) is 62.6 Å². The predicted molar refractivity (Wildman–Crippen MR) is 123 cm³/mol. The summed E-state index contributed by atoms with van der Waals surface area (Å²) >= 11 is 0. The van der Waals surface area contributed by atoms with Crippen LogP contribution in [0.5, 0.6) is 0 Å². The van der Waals surface area contributed by atoms with Gasteiger partial charge in [0.05, 0.1) is 6.10 Å². The topological polar surface area (TPSA) is 96.2 Å². The van der Waals surface area contributed by atoms with E-state index in [1.807, 2.05) is 0 Å². The monoisotopic (exact) mass is 438 g/mol. The molecule has 0 spiro atoms. The lowest BCUT2D eigenvalue weighted by Crippen LogP contribution is -2.57. The van der Waals surface area contributed by atoms with Crippen LogP contribution in [-0.4, -0.2) is 58.4 Å². The minimum Gasteiger partial charge on any atom is -0.463 e. The van der Waals surface area contributed by atoms with Crippen LogP contribution >= 0.6 is 0 Å². The molecule has 0 amide bonds. The van der Waals surface area contributed by atoms with Gasteiger partial charge in [0.1, 0.15) is 31.0 Å². The molecule has 1 saturated heterocycles. The highest BCUT2D eigenvalue weighted by Crippen LogP contribution is 2.21. The zero-order valence-corrected chi connectivity index (χ0v) is 19.2. The van der Waals surface area contributed by atoms with Crippen molar-refractivity contribution in [1.82, 2.24) is 0 Å². The summed E-state index contributed by atoms with van der Waals surface area (Å²) in [4.78, 5) is 11.9. The number of hydrogen-bond acceptors (Lipinski definition) is 6. The van der Waals surface area contributed by atoms with E-state index in [9.17, 15) is 20.1 Å². The van der Waals surface area contributed by atoms with Crippen molar-refractivity contribution < 1.29 is 29.6 Å². The van der Waals surface area contributed by atoms with E-state index in [4.69, 9.17) is 9.47 Å². The molecule has 1 aliphatic heterocycles. The van der Waals surface area contributed by atoms with Crippen molar-refractivity contribution in [2.45, 2.75) is 109 Å². The maximum atomic E-state index is 11.9. The van der Waals surface area contributed by atoms with Crippen LogP contribution in [-0.2, 0) is 14.3 Å². The Morgan fingerprint density at radius 3 is 2.16 bits per heavy atom. The first-order valence-corrected chi connectivity index (χ1v) is 11.8. The molecular weight excluding hydrogens is 396 g/mol. The van der Waals surface area contributed by atoms with E-state index in [0.717, 1.165) is 57.8 Å². The van der Waals surface area contributed by atoms with Gasteiger partial charge in [-0.15, -0.1) is 0 Å². The number of rotatable bonds is 15. The van der Waals surface area contributed by atoms with E-state index in [1.165, 1.54) is 0 Å². The lowest BCUT2D eigenvalue weighted by atomic mass is 9.96. The van der Waals surface area contributed by atoms with Gasteiger partial charge in [-0.25, -0.2) is 0 Å². The van der Waals surface area contributed by atoms with Gasteiger partial charge in [-0.3, -0.25) is 4.79 Å². The number of esters is 1. The molecule has 0 radical (unpaired) electrons. The lowest BCUT2D eigenvalue weighted by Gasteiger charge is -2.38. The Morgan fingerprint density at radius 2 is 1.45 bits per heavy atom. The molecule has 3 N–H and O–H groups in total. The third-order valence-corrected chi connectivity index (χ3v) is 5.39. The Labute approximate surface area is 187 Å². The van der Waals surface area contributed by atoms with Crippen LogP contribution in [0.15, 0.2) is 36.5 Å². The number of carbonyl (C=O) groups excluding carboxylic acids is 1. The zero-order valence-electron chi connectivity index (χ0n) is 19.2. The van der Waals surface area contributed by atoms with Crippen molar-refractivity contribution in [3.8, 4) is 0 Å². The minimum atomic E-state index is -1.30. The number of aliphatic hydroxyl groups is 3. The van der Waals surface area contributed by atoms with Crippen molar-refractivity contribution in [3.05, 3.63) is 36.5 Å². The van der Waals surface area contributed by atoms with Crippen molar-refractivity contribution in [2.75, 3.05) is 6.61 Å². The molecule has 0 aliphatic carbocycles. The van der Waals surface area contributed by atoms with Crippen LogP contribution in [0.2, 0.25) is 0 Å². The molecule has 0 saturated carbocycles. The largest absolute Gasteiger partial charge is 0.463 e. The van der Waals surface area contributed by atoms with Gasteiger partial charge in [0.2, 0.25) is 0 Å². The molecule has 178 valence electrons. The average molecular weight is 439 g/mol. The Kier molecular flexibility index (Phi) is 15.2. The third kappa shape index (κ3) is 12.2. The SMILES string of the molecule is CC/C=C\C/C=C\C/C=C\CCCCCCCC(=O)OC[C@H]1OC(C)[C@H](O)[C@@H](O)[C@H]1O. The summed E-state index contributed by atoms with van der Waals surface area (Å²) in [5.41, 5.74) is 0. The number of allylic oxidation sites excluding steroid dienone is 6. The van der Waals surface area contributed by atoms with Gasteiger partial charge in [0.15, 0.2) is 0 Å². The van der Waals surface area contributed by atoms with Crippen LogP contribution in [0.25, 0.3) is 0 Å². The van der Waals surface area contributed by atoms with Gasteiger partial charge in [0, 0.05) is 6.42 Å². The fourth-order valence-corrected chi connectivity index (χ4v) is 3.41. The van der Waals surface area contributed by atoms with Gasteiger partial charge in [-0.05, 0) is 45.4 Å². The number of carbonyl (C=O) groups is 1. The van der Waals surface area contributed by atoms with E-state index in [0.29, 0.717) is 6.42 Å². The van der Waals surface area contributed by atoms with Gasteiger partial charge in [-0.2, -0.15) is 0 Å². The van der Waals surface area contributed by atoms with Crippen LogP contribution in [0, 0.1) is 0 Å². The summed E-state index contributed by atoms with van der Waals surface area (Å²) in [6.07, 6.45) is 17.7. The van der Waals surface area contributed by atoms with E-state index in [1.54, 1.807) is 6.92 Å². The first-order chi connectivity index (χ1) is 15.0. The second-order valence-electron chi connectivity index (χ2n) is 8.13. The molecule has 6 nitrogen and oxygen atoms in total. The van der Waals surface area contributed by atoms with E-state index in [2.05, 4.69) is 43.4 Å². The Balaban J connectivity index is 1.98. The van der Waals surface area contributed by atoms with Crippen LogP contribution in [0.4, 0.5) is 0 Å². The minimum absolute atomic E-state index is 0.120. The highest BCUT2D eigenvalue weighted by Gasteiger charge is 2.42. The van der Waals surface area contributed by atoms with Crippen molar-refractivity contribution in [1.29, 1.82) is 0 Å². The lowest BCUT2D eigenvalue weighted by molar-refractivity contribution is -0.227. The summed E-state index contributed by atoms with van der Waals surface area (Å²) in [6.45, 7) is 3.62. The molecule has 1 aliphatic rings. The first kappa shape index (κ1) is 27.6.